The van der Waals surface area contributed by atoms with Gasteiger partial charge in [-0.2, -0.15) is 0 Å². The second-order valence-electron chi connectivity index (χ2n) is 5.72. The molecule has 1 saturated carbocycles. The standard InChI is InChI=1S/C14H25N/c1-14(10-6-3-7-11-14)13(15)12-8-4-2-5-9-12/h8,13H,2-7,9-11,15H2,1H3. The number of hydrogen-bond acceptors (Lipinski definition) is 1. The minimum atomic E-state index is 0.345. The van der Waals surface area contributed by atoms with E-state index in [-0.39, 0.29) is 0 Å². The Morgan fingerprint density at radius 2 is 1.87 bits per heavy atom. The monoisotopic (exact) mass is 207 g/mol. The molecular formula is C14H25N. The van der Waals surface area contributed by atoms with Gasteiger partial charge in [-0.05, 0) is 43.9 Å². The molecule has 1 unspecified atom stereocenters. The molecular weight excluding hydrogens is 182 g/mol. The third-order valence-corrected chi connectivity index (χ3v) is 4.47. The third-order valence-electron chi connectivity index (χ3n) is 4.47. The highest BCUT2D eigenvalue weighted by molar-refractivity contribution is 5.16. The fraction of sp³-hybridized carbons (Fsp3) is 0.857. The Hall–Kier alpha value is -0.300. The van der Waals surface area contributed by atoms with Gasteiger partial charge in [-0.3, -0.25) is 0 Å². The van der Waals surface area contributed by atoms with E-state index in [0.29, 0.717) is 11.5 Å². The topological polar surface area (TPSA) is 26.0 Å². The minimum absolute atomic E-state index is 0.345. The van der Waals surface area contributed by atoms with Crippen LogP contribution >= 0.6 is 0 Å². The number of nitrogens with two attached hydrogens (primary N) is 1. The van der Waals surface area contributed by atoms with Crippen molar-refractivity contribution in [2.75, 3.05) is 0 Å². The largest absolute Gasteiger partial charge is 0.324 e. The van der Waals surface area contributed by atoms with Crippen molar-refractivity contribution in [2.45, 2.75) is 70.8 Å². The molecule has 1 fully saturated rings. The van der Waals surface area contributed by atoms with Crippen molar-refractivity contribution in [3.8, 4) is 0 Å². The summed E-state index contributed by atoms with van der Waals surface area (Å²) in [5, 5.41) is 0. The SMILES string of the molecule is CC1(C(N)C2=CCCCC2)CCCCC1. The summed E-state index contributed by atoms with van der Waals surface area (Å²) >= 11 is 0. The minimum Gasteiger partial charge on any atom is -0.324 e. The first-order valence-corrected chi connectivity index (χ1v) is 6.67. The number of rotatable bonds is 2. The molecule has 0 aliphatic heterocycles. The number of hydrogen-bond donors (Lipinski definition) is 1. The van der Waals surface area contributed by atoms with Gasteiger partial charge < -0.3 is 5.73 Å². The molecule has 2 N–H and O–H groups in total. The summed E-state index contributed by atoms with van der Waals surface area (Å²) in [4.78, 5) is 0. The van der Waals surface area contributed by atoms with Gasteiger partial charge in [0.05, 0.1) is 0 Å². The van der Waals surface area contributed by atoms with E-state index >= 15 is 0 Å². The lowest BCUT2D eigenvalue weighted by Gasteiger charge is -2.40. The molecule has 0 amide bonds. The molecule has 1 nitrogen and oxygen atoms in total. The van der Waals surface area contributed by atoms with E-state index in [4.69, 9.17) is 5.73 Å². The van der Waals surface area contributed by atoms with Gasteiger partial charge >= 0.3 is 0 Å². The maximum absolute atomic E-state index is 6.49. The molecule has 86 valence electrons. The van der Waals surface area contributed by atoms with Crippen LogP contribution in [0.15, 0.2) is 11.6 Å². The molecule has 15 heavy (non-hydrogen) atoms. The Kier molecular flexibility index (Phi) is 3.50. The van der Waals surface area contributed by atoms with Crippen LogP contribution in [0.3, 0.4) is 0 Å². The van der Waals surface area contributed by atoms with Crippen LogP contribution in [0.5, 0.6) is 0 Å². The van der Waals surface area contributed by atoms with Crippen molar-refractivity contribution in [1.82, 2.24) is 0 Å². The first-order chi connectivity index (χ1) is 7.22. The van der Waals surface area contributed by atoms with Crippen molar-refractivity contribution in [1.29, 1.82) is 0 Å². The summed E-state index contributed by atoms with van der Waals surface area (Å²) in [6, 6.07) is 0.345. The summed E-state index contributed by atoms with van der Waals surface area (Å²) < 4.78 is 0. The first kappa shape index (κ1) is 11.2. The molecule has 1 atom stereocenters. The molecule has 0 aromatic rings. The van der Waals surface area contributed by atoms with E-state index in [0.717, 1.165) is 0 Å². The first-order valence-electron chi connectivity index (χ1n) is 6.67. The van der Waals surface area contributed by atoms with Crippen LogP contribution in [0, 0.1) is 5.41 Å². The van der Waals surface area contributed by atoms with Crippen LogP contribution in [0.4, 0.5) is 0 Å². The fourth-order valence-corrected chi connectivity index (χ4v) is 3.26. The van der Waals surface area contributed by atoms with Crippen molar-refractivity contribution < 1.29 is 0 Å². The van der Waals surface area contributed by atoms with Gasteiger partial charge in [0, 0.05) is 6.04 Å². The highest BCUT2D eigenvalue weighted by Crippen LogP contribution is 2.41. The Morgan fingerprint density at radius 3 is 2.47 bits per heavy atom. The lowest BCUT2D eigenvalue weighted by Crippen LogP contribution is -2.42. The molecule has 0 spiro atoms. The summed E-state index contributed by atoms with van der Waals surface area (Å²) in [6.07, 6.45) is 14.5. The van der Waals surface area contributed by atoms with Crippen LogP contribution in [0.1, 0.15) is 64.7 Å². The molecule has 1 heteroatoms. The lowest BCUT2D eigenvalue weighted by atomic mass is 9.67. The van der Waals surface area contributed by atoms with Crippen LogP contribution in [0.2, 0.25) is 0 Å². The Bertz CT molecular complexity index is 236. The van der Waals surface area contributed by atoms with Crippen molar-refractivity contribution in [3.63, 3.8) is 0 Å². The van der Waals surface area contributed by atoms with Gasteiger partial charge in [0.2, 0.25) is 0 Å². The predicted molar refractivity (Wildman–Crippen MR) is 65.7 cm³/mol. The molecule has 0 aromatic carbocycles. The van der Waals surface area contributed by atoms with Crippen LogP contribution in [0.25, 0.3) is 0 Å². The van der Waals surface area contributed by atoms with E-state index < -0.39 is 0 Å². The fourth-order valence-electron chi connectivity index (χ4n) is 3.26. The average Bonchev–Trinajstić information content (AvgIpc) is 2.30. The maximum Gasteiger partial charge on any atom is 0.0308 e. The third kappa shape index (κ3) is 2.44. The molecule has 0 bridgehead atoms. The highest BCUT2D eigenvalue weighted by Gasteiger charge is 2.34. The summed E-state index contributed by atoms with van der Waals surface area (Å²) in [7, 11) is 0. The smallest absolute Gasteiger partial charge is 0.0308 e. The van der Waals surface area contributed by atoms with Gasteiger partial charge in [0.25, 0.3) is 0 Å². The quantitative estimate of drug-likeness (QED) is 0.685. The van der Waals surface area contributed by atoms with E-state index in [2.05, 4.69) is 13.0 Å². The lowest BCUT2D eigenvalue weighted by molar-refractivity contribution is 0.184. The van der Waals surface area contributed by atoms with Gasteiger partial charge in [-0.15, -0.1) is 0 Å². The Morgan fingerprint density at radius 1 is 1.13 bits per heavy atom. The number of allylic oxidation sites excluding steroid dienone is 1. The van der Waals surface area contributed by atoms with E-state index in [1.165, 1.54) is 57.8 Å². The average molecular weight is 207 g/mol. The molecule has 2 aliphatic rings. The van der Waals surface area contributed by atoms with Gasteiger partial charge in [0.15, 0.2) is 0 Å². The van der Waals surface area contributed by atoms with Gasteiger partial charge in [-0.1, -0.05) is 37.8 Å². The van der Waals surface area contributed by atoms with Crippen molar-refractivity contribution >= 4 is 0 Å². The van der Waals surface area contributed by atoms with Crippen molar-refractivity contribution in [3.05, 3.63) is 11.6 Å². The van der Waals surface area contributed by atoms with Gasteiger partial charge in [0.1, 0.15) is 0 Å². The van der Waals surface area contributed by atoms with Crippen molar-refractivity contribution in [2.24, 2.45) is 11.1 Å². The van der Waals surface area contributed by atoms with E-state index in [1.54, 1.807) is 5.57 Å². The molecule has 2 rings (SSSR count). The molecule has 0 saturated heterocycles. The normalized spacial score (nSPS) is 28.3. The highest BCUT2D eigenvalue weighted by atomic mass is 14.7. The maximum atomic E-state index is 6.49. The second-order valence-corrected chi connectivity index (χ2v) is 5.72. The van der Waals surface area contributed by atoms with E-state index in [1.807, 2.05) is 0 Å². The molecule has 0 aromatic heterocycles. The molecule has 2 aliphatic carbocycles. The zero-order chi connectivity index (χ0) is 10.7. The van der Waals surface area contributed by atoms with Gasteiger partial charge in [-0.25, -0.2) is 0 Å². The Balaban J connectivity index is 2.04. The Labute approximate surface area is 94.1 Å². The zero-order valence-electron chi connectivity index (χ0n) is 10.1. The van der Waals surface area contributed by atoms with E-state index in [9.17, 15) is 0 Å². The molecule has 0 radical (unpaired) electrons. The van der Waals surface area contributed by atoms with Crippen LogP contribution in [-0.2, 0) is 0 Å². The van der Waals surface area contributed by atoms with Crippen LogP contribution < -0.4 is 5.73 Å². The van der Waals surface area contributed by atoms with Crippen LogP contribution in [-0.4, -0.2) is 6.04 Å². The zero-order valence-corrected chi connectivity index (χ0v) is 10.1. The summed E-state index contributed by atoms with van der Waals surface area (Å²) in [5.74, 6) is 0. The predicted octanol–water partition coefficient (Wildman–Crippen LogP) is 3.78. The summed E-state index contributed by atoms with van der Waals surface area (Å²) in [6.45, 7) is 2.41. The second kappa shape index (κ2) is 4.69. The molecule has 0 heterocycles. The summed E-state index contributed by atoms with van der Waals surface area (Å²) in [5.41, 5.74) is 8.45.